The number of amides is 2. The van der Waals surface area contributed by atoms with Crippen molar-refractivity contribution >= 4 is 34.1 Å². The van der Waals surface area contributed by atoms with Crippen LogP contribution >= 0.6 is 0 Å². The number of carbonyl (C=O) groups excluding carboxylic acids is 1. The van der Waals surface area contributed by atoms with E-state index >= 15 is 0 Å². The Kier molecular flexibility index (Phi) is 4.54. The lowest BCUT2D eigenvalue weighted by Gasteiger charge is -2.22. The largest absolute Gasteiger partial charge is 0.370 e. The van der Waals surface area contributed by atoms with Gasteiger partial charge in [0.1, 0.15) is 11.3 Å². The van der Waals surface area contributed by atoms with Gasteiger partial charge in [0.2, 0.25) is 0 Å². The number of urea groups is 1. The average molecular weight is 409 g/mol. The van der Waals surface area contributed by atoms with Gasteiger partial charge in [-0.25, -0.2) is 14.2 Å². The van der Waals surface area contributed by atoms with Gasteiger partial charge in [0.05, 0.1) is 0 Å². The molecule has 0 spiro atoms. The number of nitrogens with one attached hydrogen (secondary N) is 2. The van der Waals surface area contributed by atoms with E-state index in [9.17, 15) is 9.18 Å². The Balaban J connectivity index is 1.38. The maximum atomic E-state index is 14.3. The van der Waals surface area contributed by atoms with Crippen LogP contribution in [0.25, 0.3) is 10.9 Å². The van der Waals surface area contributed by atoms with Crippen LogP contribution in [0.1, 0.15) is 12.0 Å². The minimum atomic E-state index is -0.459. The molecule has 1 fully saturated rings. The lowest BCUT2D eigenvalue weighted by Crippen LogP contribution is -2.34. The van der Waals surface area contributed by atoms with Crippen molar-refractivity contribution < 1.29 is 9.18 Å². The lowest BCUT2D eigenvalue weighted by molar-refractivity contribution is 0.257. The molecule has 1 aromatic carbocycles. The molecule has 2 aromatic heterocycles. The molecule has 0 saturated carbocycles. The van der Waals surface area contributed by atoms with E-state index in [1.807, 2.05) is 13.1 Å². The predicted molar refractivity (Wildman–Crippen MR) is 115 cm³/mol. The Morgan fingerprint density at radius 2 is 2.17 bits per heavy atom. The van der Waals surface area contributed by atoms with E-state index in [2.05, 4.69) is 25.6 Å². The van der Waals surface area contributed by atoms with E-state index in [0.29, 0.717) is 35.0 Å². The number of aryl methyl sites for hydroxylation is 1. The highest BCUT2D eigenvalue weighted by Gasteiger charge is 2.31. The number of nitrogens with zero attached hydrogens (tertiary/aromatic N) is 5. The molecule has 2 amide bonds. The van der Waals surface area contributed by atoms with E-state index in [4.69, 9.17) is 0 Å². The SMILES string of the molecule is CN[C@H]1CCN(c2ccnc3c2CCN3C(=O)Nc2cc(F)c3nn(C)cc3c2)C1. The molecule has 156 valence electrons. The second-order valence-electron chi connectivity index (χ2n) is 7.88. The van der Waals surface area contributed by atoms with Crippen molar-refractivity contribution in [2.45, 2.75) is 18.9 Å². The first kappa shape index (κ1) is 18.8. The third-order valence-electron chi connectivity index (χ3n) is 5.96. The van der Waals surface area contributed by atoms with E-state index < -0.39 is 5.82 Å². The van der Waals surface area contributed by atoms with Crippen LogP contribution < -0.4 is 20.4 Å². The fourth-order valence-corrected chi connectivity index (χ4v) is 4.46. The van der Waals surface area contributed by atoms with Gasteiger partial charge < -0.3 is 15.5 Å². The summed E-state index contributed by atoms with van der Waals surface area (Å²) in [5.41, 5.74) is 2.94. The number of pyridine rings is 1. The number of carbonyl (C=O) groups is 1. The molecular weight excluding hydrogens is 385 g/mol. The van der Waals surface area contributed by atoms with Crippen LogP contribution in [0.2, 0.25) is 0 Å². The molecule has 1 saturated heterocycles. The van der Waals surface area contributed by atoms with E-state index in [1.54, 1.807) is 35.1 Å². The van der Waals surface area contributed by atoms with E-state index in [1.165, 1.54) is 6.07 Å². The summed E-state index contributed by atoms with van der Waals surface area (Å²) in [6.07, 6.45) is 5.33. The summed E-state index contributed by atoms with van der Waals surface area (Å²) in [5, 5.41) is 10.9. The van der Waals surface area contributed by atoms with Crippen molar-refractivity contribution in [3.8, 4) is 0 Å². The maximum absolute atomic E-state index is 14.3. The average Bonchev–Trinajstić information content (AvgIpc) is 3.45. The van der Waals surface area contributed by atoms with Crippen LogP contribution in [0.15, 0.2) is 30.6 Å². The number of aromatic nitrogens is 3. The highest BCUT2D eigenvalue weighted by Crippen LogP contribution is 2.35. The van der Waals surface area contributed by atoms with Crippen LogP contribution in [0, 0.1) is 5.82 Å². The molecule has 8 nitrogen and oxygen atoms in total. The minimum absolute atomic E-state index is 0.291. The number of benzene rings is 1. The quantitative estimate of drug-likeness (QED) is 0.695. The van der Waals surface area contributed by atoms with Gasteiger partial charge in [0, 0.05) is 67.4 Å². The van der Waals surface area contributed by atoms with E-state index in [-0.39, 0.29) is 6.03 Å². The molecular formula is C21H24FN7O. The Bertz CT molecular complexity index is 1130. The molecule has 2 aliphatic heterocycles. The molecule has 3 aromatic rings. The Morgan fingerprint density at radius 1 is 1.30 bits per heavy atom. The number of hydrogen-bond donors (Lipinski definition) is 2. The molecule has 5 rings (SSSR count). The highest BCUT2D eigenvalue weighted by molar-refractivity contribution is 6.03. The molecule has 0 radical (unpaired) electrons. The number of hydrogen-bond acceptors (Lipinski definition) is 5. The number of likely N-dealkylation sites (N-methyl/N-ethyl adjacent to an activating group) is 1. The molecule has 4 heterocycles. The normalized spacial score (nSPS) is 18.3. The smallest absolute Gasteiger partial charge is 0.327 e. The number of fused-ring (bicyclic) bond motifs is 2. The first-order chi connectivity index (χ1) is 14.5. The zero-order chi connectivity index (χ0) is 20.8. The first-order valence-corrected chi connectivity index (χ1v) is 10.1. The van der Waals surface area contributed by atoms with Crippen LogP contribution in [0.4, 0.5) is 26.4 Å². The van der Waals surface area contributed by atoms with Crippen molar-refractivity contribution in [2.24, 2.45) is 7.05 Å². The molecule has 9 heteroatoms. The van der Waals surface area contributed by atoms with Gasteiger partial charge in [-0.1, -0.05) is 0 Å². The van der Waals surface area contributed by atoms with Crippen molar-refractivity contribution in [1.82, 2.24) is 20.1 Å². The van der Waals surface area contributed by atoms with Gasteiger partial charge in [-0.15, -0.1) is 0 Å². The number of anilines is 3. The van der Waals surface area contributed by atoms with Gasteiger partial charge in [0.25, 0.3) is 0 Å². The second-order valence-corrected chi connectivity index (χ2v) is 7.88. The molecule has 0 aliphatic carbocycles. The molecule has 1 atom stereocenters. The Hall–Kier alpha value is -3.20. The fourth-order valence-electron chi connectivity index (χ4n) is 4.46. The summed E-state index contributed by atoms with van der Waals surface area (Å²) in [6, 6.07) is 5.23. The van der Waals surface area contributed by atoms with Gasteiger partial charge >= 0.3 is 6.03 Å². The Labute approximate surface area is 173 Å². The molecule has 2 aliphatic rings. The van der Waals surface area contributed by atoms with Gasteiger partial charge in [-0.05, 0) is 38.1 Å². The zero-order valence-corrected chi connectivity index (χ0v) is 17.0. The molecule has 30 heavy (non-hydrogen) atoms. The van der Waals surface area contributed by atoms with Gasteiger partial charge in [0.15, 0.2) is 5.82 Å². The molecule has 0 bridgehead atoms. The van der Waals surface area contributed by atoms with Crippen LogP contribution in [-0.4, -0.2) is 53.5 Å². The Morgan fingerprint density at radius 3 is 2.97 bits per heavy atom. The number of rotatable bonds is 3. The summed E-state index contributed by atoms with van der Waals surface area (Å²) >= 11 is 0. The van der Waals surface area contributed by atoms with E-state index in [0.717, 1.165) is 37.2 Å². The first-order valence-electron chi connectivity index (χ1n) is 10.1. The van der Waals surface area contributed by atoms with Crippen LogP contribution in [-0.2, 0) is 13.5 Å². The third-order valence-corrected chi connectivity index (χ3v) is 5.96. The summed E-state index contributed by atoms with van der Waals surface area (Å²) in [6.45, 7) is 2.48. The zero-order valence-electron chi connectivity index (χ0n) is 17.0. The van der Waals surface area contributed by atoms with Crippen LogP contribution in [0.5, 0.6) is 0 Å². The maximum Gasteiger partial charge on any atom is 0.327 e. The van der Waals surface area contributed by atoms with Crippen LogP contribution in [0.3, 0.4) is 0 Å². The molecule has 2 N–H and O–H groups in total. The van der Waals surface area contributed by atoms with Crippen molar-refractivity contribution in [3.05, 3.63) is 42.0 Å². The lowest BCUT2D eigenvalue weighted by atomic mass is 10.2. The van der Waals surface area contributed by atoms with Crippen molar-refractivity contribution in [3.63, 3.8) is 0 Å². The molecule has 0 unspecified atom stereocenters. The standard InChI is InChI=1S/C21H24FN7O/c1-23-14-4-7-28(12-14)18-3-6-24-20-16(18)5-8-29(20)21(30)25-15-9-13-11-27(2)26-19(13)17(22)10-15/h3,6,9-11,14,23H,4-5,7-8,12H2,1-2H3,(H,25,30)/t14-/m0/s1. The summed E-state index contributed by atoms with van der Waals surface area (Å²) in [4.78, 5) is 21.4. The number of halogens is 1. The third kappa shape index (κ3) is 3.15. The minimum Gasteiger partial charge on any atom is -0.370 e. The van der Waals surface area contributed by atoms with Crippen molar-refractivity contribution in [1.29, 1.82) is 0 Å². The second kappa shape index (κ2) is 7.24. The summed E-state index contributed by atoms with van der Waals surface area (Å²) in [5.74, 6) is 0.222. The topological polar surface area (TPSA) is 78.3 Å². The van der Waals surface area contributed by atoms with Gasteiger partial charge in [-0.3, -0.25) is 9.58 Å². The highest BCUT2D eigenvalue weighted by atomic mass is 19.1. The summed E-state index contributed by atoms with van der Waals surface area (Å²) in [7, 11) is 3.73. The van der Waals surface area contributed by atoms with Crippen molar-refractivity contribution in [2.75, 3.05) is 41.8 Å². The van der Waals surface area contributed by atoms with Gasteiger partial charge in [-0.2, -0.15) is 5.10 Å². The monoisotopic (exact) mass is 409 g/mol. The summed E-state index contributed by atoms with van der Waals surface area (Å²) < 4.78 is 15.9. The fraction of sp³-hybridized carbons (Fsp3) is 0.381. The predicted octanol–water partition coefficient (Wildman–Crippen LogP) is 2.50.